The highest BCUT2D eigenvalue weighted by atomic mass is 32.2. The fourth-order valence-electron chi connectivity index (χ4n) is 3.60. The molecule has 170 valence electrons. The van der Waals surface area contributed by atoms with Gasteiger partial charge in [-0.25, -0.2) is 13.4 Å². The van der Waals surface area contributed by atoms with E-state index >= 15 is 0 Å². The fourth-order valence-corrected chi connectivity index (χ4v) is 5.10. The van der Waals surface area contributed by atoms with Crippen molar-refractivity contribution in [3.05, 3.63) is 83.7 Å². The van der Waals surface area contributed by atoms with Gasteiger partial charge in [0.2, 0.25) is 15.0 Å². The third-order valence-electron chi connectivity index (χ3n) is 5.16. The molecule has 0 spiro atoms. The Bertz CT molecular complexity index is 1140. The lowest BCUT2D eigenvalue weighted by atomic mass is 10.1. The summed E-state index contributed by atoms with van der Waals surface area (Å²) in [7, 11) is -3.65. The number of sulfone groups is 1. The monoisotopic (exact) mass is 453 g/mol. The van der Waals surface area contributed by atoms with E-state index in [2.05, 4.69) is 4.98 Å². The van der Waals surface area contributed by atoms with Crippen molar-refractivity contribution in [1.82, 2.24) is 14.5 Å². The zero-order valence-electron chi connectivity index (χ0n) is 19.1. The summed E-state index contributed by atoms with van der Waals surface area (Å²) in [6.45, 7) is 8.77. The Morgan fingerprint density at radius 3 is 2.12 bits per heavy atom. The minimum Gasteiger partial charge on any atom is -0.330 e. The predicted octanol–water partition coefficient (Wildman–Crippen LogP) is 4.56. The molecule has 6 nitrogen and oxygen atoms in total. The molecular weight excluding hydrogens is 422 g/mol. The van der Waals surface area contributed by atoms with Crippen LogP contribution in [0.2, 0.25) is 0 Å². The molecule has 2 aromatic carbocycles. The summed E-state index contributed by atoms with van der Waals surface area (Å²) in [5.41, 5.74) is 2.03. The van der Waals surface area contributed by atoms with Crippen LogP contribution in [0.1, 0.15) is 49.3 Å². The molecule has 0 saturated heterocycles. The van der Waals surface area contributed by atoms with E-state index in [-0.39, 0.29) is 35.3 Å². The molecule has 3 aromatic rings. The van der Waals surface area contributed by atoms with Gasteiger partial charge in [0.1, 0.15) is 0 Å². The van der Waals surface area contributed by atoms with E-state index in [0.29, 0.717) is 17.8 Å². The minimum absolute atomic E-state index is 0.0564. The Balaban J connectivity index is 1.96. The lowest BCUT2D eigenvalue weighted by molar-refractivity contribution is 0.0685. The second-order valence-corrected chi connectivity index (χ2v) is 10.6. The molecule has 1 aromatic heterocycles. The number of imidazole rings is 1. The first-order valence-corrected chi connectivity index (χ1v) is 12.5. The van der Waals surface area contributed by atoms with E-state index < -0.39 is 9.84 Å². The maximum atomic E-state index is 13.2. The van der Waals surface area contributed by atoms with Crippen molar-refractivity contribution < 1.29 is 13.2 Å². The molecule has 1 heterocycles. The van der Waals surface area contributed by atoms with Gasteiger partial charge in [-0.1, -0.05) is 62.4 Å². The van der Waals surface area contributed by atoms with E-state index in [9.17, 15) is 13.2 Å². The van der Waals surface area contributed by atoms with E-state index in [0.717, 1.165) is 5.56 Å². The molecule has 32 heavy (non-hydrogen) atoms. The van der Waals surface area contributed by atoms with Crippen LogP contribution in [0.25, 0.3) is 0 Å². The number of amides is 1. The summed E-state index contributed by atoms with van der Waals surface area (Å²) in [6.07, 6.45) is 1.59. The summed E-state index contributed by atoms with van der Waals surface area (Å²) in [6, 6.07) is 18.2. The summed E-state index contributed by atoms with van der Waals surface area (Å²) in [5.74, 6) is 0.0108. The van der Waals surface area contributed by atoms with Gasteiger partial charge in [0.15, 0.2) is 0 Å². The van der Waals surface area contributed by atoms with Crippen LogP contribution in [0.5, 0.6) is 0 Å². The number of carbonyl (C=O) groups excluding carboxylic acids is 1. The Kier molecular flexibility index (Phi) is 7.51. The Morgan fingerprint density at radius 1 is 0.969 bits per heavy atom. The molecule has 7 heteroatoms. The SMILES string of the molecule is CC(C)Cn1c(CN(C(=O)c2ccccc2)C(C)C)cnc1S(=O)(=O)Cc1ccccc1. The molecule has 0 atom stereocenters. The zero-order chi connectivity index (χ0) is 23.3. The zero-order valence-corrected chi connectivity index (χ0v) is 19.9. The van der Waals surface area contributed by atoms with Gasteiger partial charge in [-0.15, -0.1) is 0 Å². The van der Waals surface area contributed by atoms with Gasteiger partial charge < -0.3 is 9.47 Å². The van der Waals surface area contributed by atoms with E-state index in [1.54, 1.807) is 39.9 Å². The Morgan fingerprint density at radius 2 is 1.56 bits per heavy atom. The van der Waals surface area contributed by atoms with Gasteiger partial charge in [0.25, 0.3) is 5.91 Å². The average Bonchev–Trinajstić information content (AvgIpc) is 3.15. The Labute approximate surface area is 190 Å². The number of carbonyl (C=O) groups is 1. The first-order chi connectivity index (χ1) is 15.2. The minimum atomic E-state index is -3.65. The lowest BCUT2D eigenvalue weighted by Gasteiger charge is -2.27. The van der Waals surface area contributed by atoms with E-state index in [1.807, 2.05) is 64.1 Å². The predicted molar refractivity (Wildman–Crippen MR) is 126 cm³/mol. The molecule has 0 aliphatic heterocycles. The molecule has 0 aliphatic carbocycles. The molecule has 0 unspecified atom stereocenters. The highest BCUT2D eigenvalue weighted by Gasteiger charge is 2.27. The standard InChI is InChI=1S/C25H31N3O3S/c1-19(2)16-28-23(17-27(20(3)4)24(29)22-13-9-6-10-14-22)15-26-25(28)32(30,31)18-21-11-7-5-8-12-21/h5-15,19-20H,16-18H2,1-4H3. The average molecular weight is 454 g/mol. The number of rotatable bonds is 9. The molecule has 0 radical (unpaired) electrons. The number of nitrogens with zero attached hydrogens (tertiary/aromatic N) is 3. The smallest absolute Gasteiger partial charge is 0.254 e. The van der Waals surface area contributed by atoms with Crippen molar-refractivity contribution in [2.75, 3.05) is 0 Å². The van der Waals surface area contributed by atoms with Crippen LogP contribution in [0.15, 0.2) is 72.0 Å². The van der Waals surface area contributed by atoms with Gasteiger partial charge in [0.05, 0.1) is 24.2 Å². The molecule has 0 bridgehead atoms. The van der Waals surface area contributed by atoms with Crippen LogP contribution in [0.4, 0.5) is 0 Å². The van der Waals surface area contributed by atoms with Gasteiger partial charge >= 0.3 is 0 Å². The Hall–Kier alpha value is -2.93. The van der Waals surface area contributed by atoms with Crippen LogP contribution in [-0.2, 0) is 28.7 Å². The van der Waals surface area contributed by atoms with Crippen LogP contribution in [0, 0.1) is 5.92 Å². The second kappa shape index (κ2) is 10.1. The number of aromatic nitrogens is 2. The first-order valence-electron chi connectivity index (χ1n) is 10.9. The molecule has 0 aliphatic rings. The lowest BCUT2D eigenvalue weighted by Crippen LogP contribution is -2.37. The van der Waals surface area contributed by atoms with Crippen LogP contribution >= 0.6 is 0 Å². The highest BCUT2D eigenvalue weighted by Crippen LogP contribution is 2.21. The molecule has 1 amide bonds. The third-order valence-corrected chi connectivity index (χ3v) is 6.76. The van der Waals surface area contributed by atoms with Crippen molar-refractivity contribution in [3.8, 4) is 0 Å². The van der Waals surface area contributed by atoms with E-state index in [4.69, 9.17) is 0 Å². The molecular formula is C25H31N3O3S. The molecule has 0 N–H and O–H groups in total. The van der Waals surface area contributed by atoms with Crippen molar-refractivity contribution in [3.63, 3.8) is 0 Å². The number of benzene rings is 2. The van der Waals surface area contributed by atoms with Gasteiger partial charge in [-0.3, -0.25) is 4.79 Å². The number of hydrogen-bond acceptors (Lipinski definition) is 4. The molecule has 0 saturated carbocycles. The van der Waals surface area contributed by atoms with Gasteiger partial charge in [-0.2, -0.15) is 0 Å². The van der Waals surface area contributed by atoms with Crippen LogP contribution < -0.4 is 0 Å². The maximum absolute atomic E-state index is 13.2. The second-order valence-electron chi connectivity index (χ2n) is 8.67. The van der Waals surface area contributed by atoms with Crippen molar-refractivity contribution in [2.45, 2.75) is 57.7 Å². The maximum Gasteiger partial charge on any atom is 0.254 e. The van der Waals surface area contributed by atoms with Crippen molar-refractivity contribution in [1.29, 1.82) is 0 Å². The highest BCUT2D eigenvalue weighted by molar-refractivity contribution is 7.90. The third kappa shape index (κ3) is 5.65. The normalized spacial score (nSPS) is 11.8. The fraction of sp³-hybridized carbons (Fsp3) is 0.360. The van der Waals surface area contributed by atoms with Crippen LogP contribution in [-0.4, -0.2) is 34.8 Å². The largest absolute Gasteiger partial charge is 0.330 e. The molecule has 3 rings (SSSR count). The topological polar surface area (TPSA) is 72.3 Å². The van der Waals surface area contributed by atoms with Crippen molar-refractivity contribution >= 4 is 15.7 Å². The van der Waals surface area contributed by atoms with Gasteiger partial charge in [-0.05, 0) is 37.5 Å². The van der Waals surface area contributed by atoms with Crippen LogP contribution in [0.3, 0.4) is 0 Å². The summed E-state index contributed by atoms with van der Waals surface area (Å²) < 4.78 is 28.2. The number of hydrogen-bond donors (Lipinski definition) is 0. The summed E-state index contributed by atoms with van der Waals surface area (Å²) in [4.78, 5) is 19.2. The first kappa shape index (κ1) is 23.7. The van der Waals surface area contributed by atoms with Gasteiger partial charge in [0, 0.05) is 18.2 Å². The molecule has 0 fully saturated rings. The quantitative estimate of drug-likeness (QED) is 0.476. The summed E-state index contributed by atoms with van der Waals surface area (Å²) >= 11 is 0. The van der Waals surface area contributed by atoms with Crippen molar-refractivity contribution in [2.24, 2.45) is 5.92 Å². The summed E-state index contributed by atoms with van der Waals surface area (Å²) in [5, 5.41) is 0.0564. The van der Waals surface area contributed by atoms with E-state index in [1.165, 1.54) is 0 Å².